The molecule has 0 bridgehead atoms. The molecule has 216 valence electrons. The smallest absolute Gasteiger partial charge is 0.475 e. The minimum absolute atomic E-state index is 0.0316. The van der Waals surface area contributed by atoms with Crippen molar-refractivity contribution in [3.8, 4) is 11.1 Å². The lowest BCUT2D eigenvalue weighted by molar-refractivity contribution is -0.193. The number of carboxylic acid groups (broad SMARTS) is 2. The van der Waals surface area contributed by atoms with Crippen molar-refractivity contribution in [2.24, 2.45) is 5.92 Å². The maximum Gasteiger partial charge on any atom is 0.490 e. The number of nitrogens with zero attached hydrogens (tertiary/aromatic N) is 1. The molecule has 40 heavy (non-hydrogen) atoms. The van der Waals surface area contributed by atoms with E-state index < -0.39 is 24.3 Å². The van der Waals surface area contributed by atoms with E-state index in [0.717, 1.165) is 22.4 Å². The summed E-state index contributed by atoms with van der Waals surface area (Å²) >= 11 is 0. The maximum absolute atomic E-state index is 13.5. The van der Waals surface area contributed by atoms with E-state index in [0.29, 0.717) is 13.1 Å². The molecule has 2 aromatic carbocycles. The van der Waals surface area contributed by atoms with Crippen molar-refractivity contribution >= 4 is 23.5 Å². The van der Waals surface area contributed by atoms with Crippen LogP contribution in [0.25, 0.3) is 11.1 Å². The number of benzene rings is 2. The first-order valence-corrected chi connectivity index (χ1v) is 11.1. The van der Waals surface area contributed by atoms with Crippen LogP contribution in [0, 0.1) is 11.7 Å². The second kappa shape index (κ2) is 13.5. The Kier molecular flexibility index (Phi) is 10.8. The second-order valence-electron chi connectivity index (χ2n) is 8.09. The Bertz CT molecular complexity index is 1260. The van der Waals surface area contributed by atoms with Crippen LogP contribution in [0.1, 0.15) is 11.5 Å². The van der Waals surface area contributed by atoms with Gasteiger partial charge in [0, 0.05) is 36.5 Å². The Labute approximate surface area is 221 Å². The molecule has 1 saturated heterocycles. The van der Waals surface area contributed by atoms with Gasteiger partial charge in [-0.25, -0.2) is 14.0 Å². The quantitative estimate of drug-likeness (QED) is 0.288. The fourth-order valence-corrected chi connectivity index (χ4v) is 3.43. The van der Waals surface area contributed by atoms with Crippen LogP contribution in [-0.4, -0.2) is 63.7 Å². The molecule has 2 atom stereocenters. The molecule has 9 nitrogen and oxygen atoms in total. The average Bonchev–Trinajstić information content (AvgIpc) is 3.57. The number of hydrogen-bond acceptors (Lipinski definition) is 5. The van der Waals surface area contributed by atoms with Crippen molar-refractivity contribution in [1.29, 1.82) is 0 Å². The number of aliphatic carboxylic acids is 2. The number of amides is 1. The van der Waals surface area contributed by atoms with Crippen molar-refractivity contribution in [3.63, 3.8) is 0 Å². The fourth-order valence-electron chi connectivity index (χ4n) is 3.43. The van der Waals surface area contributed by atoms with E-state index in [-0.39, 0.29) is 23.6 Å². The summed E-state index contributed by atoms with van der Waals surface area (Å²) in [7, 11) is 0. The standard InChI is InChI=1S/C20H19FN4O.2C2HF3O2/c21-16-3-1-2-14(8-16)18-11-22-12-19(18)20(26)25-17-6-4-13(5-7-17)15-9-23-24-10-15;2*3-2(4,5)1(6)7/h1-10,18-19,22H,11-12H2,(H,23,24)(H,25,26);2*(H,6,7)/t18-,19?;;/m0../s1. The van der Waals surface area contributed by atoms with E-state index in [9.17, 15) is 35.5 Å². The van der Waals surface area contributed by atoms with Crippen LogP contribution in [0.5, 0.6) is 0 Å². The number of rotatable bonds is 4. The predicted octanol–water partition coefficient (Wildman–Crippen LogP) is 4.42. The van der Waals surface area contributed by atoms with Crippen LogP contribution in [0.15, 0.2) is 60.9 Å². The maximum atomic E-state index is 13.5. The van der Waals surface area contributed by atoms with Crippen molar-refractivity contribution in [2.75, 3.05) is 18.4 Å². The molecule has 16 heteroatoms. The number of halogens is 7. The summed E-state index contributed by atoms with van der Waals surface area (Å²) in [6.07, 6.45) is -6.59. The van der Waals surface area contributed by atoms with Gasteiger partial charge in [-0.15, -0.1) is 0 Å². The molecule has 1 unspecified atom stereocenters. The number of alkyl halides is 6. The van der Waals surface area contributed by atoms with Gasteiger partial charge in [-0.2, -0.15) is 31.4 Å². The Morgan fingerprint density at radius 1 is 0.875 bits per heavy atom. The third-order valence-electron chi connectivity index (χ3n) is 5.30. The summed E-state index contributed by atoms with van der Waals surface area (Å²) in [6.45, 7) is 1.25. The number of carbonyl (C=O) groups is 3. The summed E-state index contributed by atoms with van der Waals surface area (Å²) in [6, 6.07) is 14.1. The zero-order chi connectivity index (χ0) is 30.1. The van der Waals surface area contributed by atoms with Gasteiger partial charge in [0.05, 0.1) is 12.1 Å². The second-order valence-corrected chi connectivity index (χ2v) is 8.09. The molecule has 2 heterocycles. The summed E-state index contributed by atoms with van der Waals surface area (Å²) in [5.74, 6) is -6.11. The van der Waals surface area contributed by atoms with Crippen LogP contribution in [0.3, 0.4) is 0 Å². The van der Waals surface area contributed by atoms with E-state index in [1.807, 2.05) is 36.5 Å². The minimum Gasteiger partial charge on any atom is -0.475 e. The predicted molar refractivity (Wildman–Crippen MR) is 126 cm³/mol. The third kappa shape index (κ3) is 9.68. The van der Waals surface area contributed by atoms with Gasteiger partial charge in [0.1, 0.15) is 5.82 Å². The molecule has 0 radical (unpaired) electrons. The zero-order valence-electron chi connectivity index (χ0n) is 20.1. The molecule has 1 amide bonds. The van der Waals surface area contributed by atoms with Gasteiger partial charge in [0.25, 0.3) is 0 Å². The highest BCUT2D eigenvalue weighted by Gasteiger charge is 2.39. The van der Waals surface area contributed by atoms with Gasteiger partial charge in [-0.3, -0.25) is 9.89 Å². The lowest BCUT2D eigenvalue weighted by atomic mass is 9.88. The Balaban J connectivity index is 0.000000333. The average molecular weight is 578 g/mol. The van der Waals surface area contributed by atoms with Crippen LogP contribution in [0.2, 0.25) is 0 Å². The van der Waals surface area contributed by atoms with Crippen molar-refractivity contribution in [3.05, 3.63) is 72.3 Å². The largest absolute Gasteiger partial charge is 0.490 e. The summed E-state index contributed by atoms with van der Waals surface area (Å²) in [4.78, 5) is 30.5. The normalized spacial score (nSPS) is 16.6. The van der Waals surface area contributed by atoms with Crippen molar-refractivity contribution < 1.29 is 55.3 Å². The number of aromatic amines is 1. The molecule has 1 aliphatic heterocycles. The first-order valence-electron chi connectivity index (χ1n) is 11.1. The highest BCUT2D eigenvalue weighted by atomic mass is 19.4. The van der Waals surface area contributed by atoms with E-state index >= 15 is 0 Å². The third-order valence-corrected chi connectivity index (χ3v) is 5.30. The number of H-pyrrole nitrogens is 1. The Hall–Kier alpha value is -4.47. The first kappa shape index (κ1) is 31.7. The molecule has 5 N–H and O–H groups in total. The number of anilines is 1. The van der Waals surface area contributed by atoms with E-state index in [1.54, 1.807) is 12.3 Å². The number of carboxylic acids is 2. The zero-order valence-corrected chi connectivity index (χ0v) is 20.1. The number of nitrogens with one attached hydrogen (secondary N) is 3. The van der Waals surface area contributed by atoms with Crippen LogP contribution < -0.4 is 10.6 Å². The van der Waals surface area contributed by atoms with Crippen LogP contribution >= 0.6 is 0 Å². The first-order chi connectivity index (χ1) is 18.6. The lowest BCUT2D eigenvalue weighted by Gasteiger charge is -2.19. The molecule has 1 aromatic heterocycles. The SMILES string of the molecule is O=C(Nc1ccc(-c2cn[nH]c2)cc1)C1CNC[C@H]1c1cccc(F)c1.O=C(O)C(F)(F)F.O=C(O)C(F)(F)F. The lowest BCUT2D eigenvalue weighted by Crippen LogP contribution is -2.28. The van der Waals surface area contributed by atoms with Gasteiger partial charge < -0.3 is 20.8 Å². The molecule has 1 aliphatic rings. The van der Waals surface area contributed by atoms with Gasteiger partial charge in [0.2, 0.25) is 5.91 Å². The molecule has 3 aromatic rings. The number of aromatic nitrogens is 2. The summed E-state index contributed by atoms with van der Waals surface area (Å²) < 4.78 is 77.0. The van der Waals surface area contributed by atoms with E-state index in [2.05, 4.69) is 20.8 Å². The molecule has 4 rings (SSSR count). The molecular weight excluding hydrogens is 557 g/mol. The van der Waals surface area contributed by atoms with Gasteiger partial charge >= 0.3 is 24.3 Å². The monoisotopic (exact) mass is 578 g/mol. The van der Waals surface area contributed by atoms with Crippen molar-refractivity contribution in [1.82, 2.24) is 15.5 Å². The van der Waals surface area contributed by atoms with Gasteiger partial charge in [0.15, 0.2) is 0 Å². The van der Waals surface area contributed by atoms with Gasteiger partial charge in [-0.1, -0.05) is 24.3 Å². The molecule has 0 aliphatic carbocycles. The highest BCUT2D eigenvalue weighted by Crippen LogP contribution is 2.30. The molecule has 0 saturated carbocycles. The number of carbonyl (C=O) groups excluding carboxylic acids is 1. The topological polar surface area (TPSA) is 144 Å². The molecular formula is C24H21F7N4O5. The van der Waals surface area contributed by atoms with E-state index in [4.69, 9.17) is 19.8 Å². The summed E-state index contributed by atoms with van der Waals surface area (Å²) in [5, 5.41) is 27.2. The fraction of sp³-hybridized carbons (Fsp3) is 0.250. The van der Waals surface area contributed by atoms with Crippen LogP contribution in [0.4, 0.5) is 36.4 Å². The van der Waals surface area contributed by atoms with Crippen molar-refractivity contribution in [2.45, 2.75) is 18.3 Å². The minimum atomic E-state index is -5.08. The van der Waals surface area contributed by atoms with Crippen LogP contribution in [-0.2, 0) is 14.4 Å². The number of hydrogen-bond donors (Lipinski definition) is 5. The van der Waals surface area contributed by atoms with E-state index in [1.165, 1.54) is 12.1 Å². The molecule has 0 spiro atoms. The summed E-state index contributed by atoms with van der Waals surface area (Å²) in [5.41, 5.74) is 3.61. The molecule has 1 fully saturated rings. The Morgan fingerprint density at radius 2 is 1.45 bits per heavy atom. The Morgan fingerprint density at radius 3 is 1.93 bits per heavy atom. The highest BCUT2D eigenvalue weighted by molar-refractivity contribution is 5.94. The van der Waals surface area contributed by atoms with Gasteiger partial charge in [-0.05, 0) is 35.4 Å².